The molecule has 1 aliphatic heterocycles. The lowest BCUT2D eigenvalue weighted by molar-refractivity contribution is 0.0956. The molecule has 0 saturated heterocycles. The number of benzene rings is 1. The van der Waals surface area contributed by atoms with E-state index in [1.54, 1.807) is 4.90 Å². The van der Waals surface area contributed by atoms with E-state index in [4.69, 9.17) is 9.15 Å². The Kier molecular flexibility index (Phi) is 3.95. The maximum Gasteiger partial charge on any atom is 0.294 e. The van der Waals surface area contributed by atoms with Gasteiger partial charge in [0.15, 0.2) is 5.76 Å². The van der Waals surface area contributed by atoms with Gasteiger partial charge in [-0.25, -0.2) is 0 Å². The van der Waals surface area contributed by atoms with Gasteiger partial charge in [-0.2, -0.15) is 0 Å². The third-order valence-electron chi connectivity index (χ3n) is 4.49. The summed E-state index contributed by atoms with van der Waals surface area (Å²) in [6.07, 6.45) is 1.18. The first-order valence-corrected chi connectivity index (χ1v) is 7.90. The van der Waals surface area contributed by atoms with E-state index in [1.165, 1.54) is 19.4 Å². The molecule has 5 heteroatoms. The van der Waals surface area contributed by atoms with E-state index in [0.29, 0.717) is 6.54 Å². The average molecular weight is 327 g/mol. The van der Waals surface area contributed by atoms with Gasteiger partial charge in [0.25, 0.3) is 5.91 Å². The molecule has 0 N–H and O–H groups in total. The van der Waals surface area contributed by atoms with Crippen LogP contribution in [-0.2, 0) is 0 Å². The van der Waals surface area contributed by atoms with Gasteiger partial charge in [-0.05, 0) is 17.0 Å². The fourth-order valence-electron chi connectivity index (χ4n) is 3.13. The minimum Gasteiger partial charge on any atom is -0.490 e. The van der Waals surface area contributed by atoms with Gasteiger partial charge in [-0.15, -0.1) is 0 Å². The lowest BCUT2D eigenvalue weighted by atomic mass is 9.78. The Morgan fingerprint density at radius 1 is 1.29 bits per heavy atom. The quantitative estimate of drug-likeness (QED) is 0.848. The molecule has 1 aromatic heterocycles. The average Bonchev–Trinajstić information content (AvgIpc) is 2.94. The number of rotatable bonds is 2. The van der Waals surface area contributed by atoms with Crippen molar-refractivity contribution < 1.29 is 13.9 Å². The molecule has 0 aliphatic carbocycles. The molecule has 0 radical (unpaired) electrons. The third kappa shape index (κ3) is 2.70. The highest BCUT2D eigenvalue weighted by Gasteiger charge is 2.39. The van der Waals surface area contributed by atoms with Gasteiger partial charge in [0.1, 0.15) is 6.26 Å². The number of ether oxygens (including phenoxy) is 1. The zero-order chi connectivity index (χ0) is 17.5. The van der Waals surface area contributed by atoms with Crippen LogP contribution < -0.4 is 15.1 Å². The molecule has 0 bridgehead atoms. The first-order chi connectivity index (χ1) is 11.3. The summed E-state index contributed by atoms with van der Waals surface area (Å²) >= 11 is 0. The summed E-state index contributed by atoms with van der Waals surface area (Å²) in [5.41, 5.74) is 1.67. The van der Waals surface area contributed by atoms with E-state index in [0.717, 1.165) is 11.3 Å². The summed E-state index contributed by atoms with van der Waals surface area (Å²) in [6, 6.07) is 9.07. The summed E-state index contributed by atoms with van der Waals surface area (Å²) in [5, 5.41) is 0. The van der Waals surface area contributed by atoms with Crippen molar-refractivity contribution in [2.45, 2.75) is 26.7 Å². The van der Waals surface area contributed by atoms with Gasteiger partial charge >= 0.3 is 0 Å². The summed E-state index contributed by atoms with van der Waals surface area (Å²) in [4.78, 5) is 26.5. The van der Waals surface area contributed by atoms with Crippen molar-refractivity contribution in [1.82, 2.24) is 0 Å². The second-order valence-corrected chi connectivity index (χ2v) is 7.07. The van der Waals surface area contributed by atoms with Crippen molar-refractivity contribution >= 4 is 11.6 Å². The Bertz CT molecular complexity index is 832. The largest absolute Gasteiger partial charge is 0.490 e. The number of anilines is 1. The molecule has 1 atom stereocenters. The normalized spacial score (nSPS) is 16.8. The summed E-state index contributed by atoms with van der Waals surface area (Å²) in [5.74, 6) is 0.0164. The Labute approximate surface area is 140 Å². The van der Waals surface area contributed by atoms with Gasteiger partial charge in [0.05, 0.1) is 7.11 Å². The van der Waals surface area contributed by atoms with Crippen molar-refractivity contribution in [3.05, 3.63) is 58.1 Å². The van der Waals surface area contributed by atoms with Gasteiger partial charge in [-0.3, -0.25) is 9.59 Å². The third-order valence-corrected chi connectivity index (χ3v) is 4.49. The number of para-hydroxylation sites is 1. The van der Waals surface area contributed by atoms with Crippen LogP contribution in [0.1, 0.15) is 42.8 Å². The minimum atomic E-state index is -0.369. The monoisotopic (exact) mass is 327 g/mol. The molecular weight excluding hydrogens is 306 g/mol. The molecule has 24 heavy (non-hydrogen) atoms. The number of carbonyl (C=O) groups is 1. The molecule has 1 aliphatic rings. The number of fused-ring (bicyclic) bond motifs is 1. The van der Waals surface area contributed by atoms with E-state index in [9.17, 15) is 9.59 Å². The van der Waals surface area contributed by atoms with E-state index >= 15 is 0 Å². The molecule has 0 fully saturated rings. The van der Waals surface area contributed by atoms with Crippen LogP contribution >= 0.6 is 0 Å². The Morgan fingerprint density at radius 2 is 2.00 bits per heavy atom. The second kappa shape index (κ2) is 5.82. The van der Waals surface area contributed by atoms with Gasteiger partial charge in [0, 0.05) is 24.2 Å². The Balaban J connectivity index is 2.00. The van der Waals surface area contributed by atoms with E-state index < -0.39 is 0 Å². The smallest absolute Gasteiger partial charge is 0.294 e. The van der Waals surface area contributed by atoms with Crippen LogP contribution in [0.4, 0.5) is 5.69 Å². The van der Waals surface area contributed by atoms with Crippen LogP contribution in [0, 0.1) is 5.41 Å². The molecule has 1 aromatic carbocycles. The first kappa shape index (κ1) is 16.3. The van der Waals surface area contributed by atoms with Crippen LogP contribution in [0.5, 0.6) is 5.75 Å². The van der Waals surface area contributed by atoms with Gasteiger partial charge in [0.2, 0.25) is 11.2 Å². The van der Waals surface area contributed by atoms with Crippen LogP contribution in [0.15, 0.2) is 45.8 Å². The number of hydrogen-bond acceptors (Lipinski definition) is 4. The highest BCUT2D eigenvalue weighted by molar-refractivity contribution is 6.05. The molecular formula is C19H21NO4. The van der Waals surface area contributed by atoms with Gasteiger partial charge in [-0.1, -0.05) is 39.0 Å². The minimum absolute atomic E-state index is 0.0187. The van der Waals surface area contributed by atoms with Crippen molar-refractivity contribution in [2.24, 2.45) is 5.41 Å². The summed E-state index contributed by atoms with van der Waals surface area (Å²) in [6.45, 7) is 7.05. The van der Waals surface area contributed by atoms with Crippen LogP contribution in [0.3, 0.4) is 0 Å². The molecule has 5 nitrogen and oxygen atoms in total. The number of nitrogens with zero attached hydrogens (tertiary/aromatic N) is 1. The molecule has 126 valence electrons. The molecule has 2 heterocycles. The molecule has 2 aromatic rings. The van der Waals surface area contributed by atoms with Crippen LogP contribution in [0.2, 0.25) is 0 Å². The maximum atomic E-state index is 12.9. The van der Waals surface area contributed by atoms with Crippen molar-refractivity contribution in [3.8, 4) is 5.75 Å². The van der Waals surface area contributed by atoms with Crippen molar-refractivity contribution in [1.29, 1.82) is 0 Å². The van der Waals surface area contributed by atoms with Crippen LogP contribution in [0.25, 0.3) is 0 Å². The predicted molar refractivity (Wildman–Crippen MR) is 91.8 cm³/mol. The number of hydrogen-bond donors (Lipinski definition) is 0. The first-order valence-electron chi connectivity index (χ1n) is 7.90. The molecule has 1 amide bonds. The fourth-order valence-corrected chi connectivity index (χ4v) is 3.13. The van der Waals surface area contributed by atoms with Crippen molar-refractivity contribution in [2.75, 3.05) is 18.6 Å². The molecule has 0 spiro atoms. The summed E-state index contributed by atoms with van der Waals surface area (Å²) < 4.78 is 10.2. The SMILES string of the molecule is COc1coc(C(=O)N2C[C@@H](C(C)(C)C)c3ccccc32)cc1=O. The second-order valence-electron chi connectivity index (χ2n) is 7.07. The summed E-state index contributed by atoms with van der Waals surface area (Å²) in [7, 11) is 1.39. The highest BCUT2D eigenvalue weighted by atomic mass is 16.5. The standard InChI is InChI=1S/C19H21NO4/c1-19(2,3)13-10-20(14-8-6-5-7-12(13)14)18(22)16-9-15(21)17(23-4)11-24-16/h5-9,11,13H,10H2,1-4H3/t13-/m1/s1. The zero-order valence-electron chi connectivity index (χ0n) is 14.3. The number of amides is 1. The predicted octanol–water partition coefficient (Wildman–Crippen LogP) is 3.44. The Hall–Kier alpha value is -2.56. The van der Waals surface area contributed by atoms with E-state index in [2.05, 4.69) is 26.8 Å². The Morgan fingerprint density at radius 3 is 2.62 bits per heavy atom. The lowest BCUT2D eigenvalue weighted by Crippen LogP contribution is -2.32. The topological polar surface area (TPSA) is 59.8 Å². The molecule has 0 saturated carbocycles. The molecule has 0 unspecified atom stereocenters. The number of methoxy groups -OCH3 is 1. The zero-order valence-corrected chi connectivity index (χ0v) is 14.3. The highest BCUT2D eigenvalue weighted by Crippen LogP contribution is 2.45. The van der Waals surface area contributed by atoms with Crippen LogP contribution in [-0.4, -0.2) is 19.6 Å². The number of carbonyl (C=O) groups excluding carboxylic acids is 1. The fraction of sp³-hybridized carbons (Fsp3) is 0.368. The maximum absolute atomic E-state index is 12.9. The van der Waals surface area contributed by atoms with E-state index in [-0.39, 0.29) is 34.2 Å². The lowest BCUT2D eigenvalue weighted by Gasteiger charge is -2.27. The molecule has 3 rings (SSSR count). The van der Waals surface area contributed by atoms with E-state index in [1.807, 2.05) is 18.2 Å². The van der Waals surface area contributed by atoms with Gasteiger partial charge < -0.3 is 14.1 Å². The van der Waals surface area contributed by atoms with Crippen molar-refractivity contribution in [3.63, 3.8) is 0 Å².